The SMILES string of the molecule is CCOc1cccc(N2C(=O)C(=O)/C(=C(/O)c3cc(OC)ccc3OC)C2c2cccc(OC(C)C)c2)c1. The first-order chi connectivity index (χ1) is 18.3. The van der Waals surface area contributed by atoms with Crippen LogP contribution in [0.2, 0.25) is 0 Å². The van der Waals surface area contributed by atoms with Gasteiger partial charge in [-0.15, -0.1) is 0 Å². The number of ketones is 1. The molecule has 8 heteroatoms. The second-order valence-electron chi connectivity index (χ2n) is 8.90. The predicted octanol–water partition coefficient (Wildman–Crippen LogP) is 5.52. The van der Waals surface area contributed by atoms with Crippen LogP contribution in [0.15, 0.2) is 72.3 Å². The summed E-state index contributed by atoms with van der Waals surface area (Å²) < 4.78 is 22.3. The van der Waals surface area contributed by atoms with Gasteiger partial charge in [0, 0.05) is 11.8 Å². The van der Waals surface area contributed by atoms with Crippen molar-refractivity contribution in [2.24, 2.45) is 0 Å². The van der Waals surface area contributed by atoms with Crippen LogP contribution in [-0.4, -0.2) is 43.7 Å². The highest BCUT2D eigenvalue weighted by Gasteiger charge is 2.47. The largest absolute Gasteiger partial charge is 0.507 e. The number of hydrogen-bond acceptors (Lipinski definition) is 7. The monoisotopic (exact) mass is 517 g/mol. The van der Waals surface area contributed by atoms with E-state index in [0.717, 1.165) is 0 Å². The van der Waals surface area contributed by atoms with Gasteiger partial charge in [0.05, 0.1) is 44.1 Å². The van der Waals surface area contributed by atoms with E-state index in [1.54, 1.807) is 66.7 Å². The van der Waals surface area contributed by atoms with Gasteiger partial charge in [-0.25, -0.2) is 0 Å². The summed E-state index contributed by atoms with van der Waals surface area (Å²) in [5.74, 6) is -0.0696. The van der Waals surface area contributed by atoms with Gasteiger partial charge in [-0.2, -0.15) is 0 Å². The Morgan fingerprint density at radius 1 is 0.921 bits per heavy atom. The van der Waals surface area contributed by atoms with Gasteiger partial charge in [0.2, 0.25) is 0 Å². The Bertz CT molecular complexity index is 1380. The van der Waals surface area contributed by atoms with Crippen LogP contribution >= 0.6 is 0 Å². The number of nitrogens with zero attached hydrogens (tertiary/aromatic N) is 1. The summed E-state index contributed by atoms with van der Waals surface area (Å²) in [6, 6.07) is 18.0. The number of benzene rings is 3. The van der Waals surface area contributed by atoms with Gasteiger partial charge in [-0.3, -0.25) is 14.5 Å². The number of carbonyl (C=O) groups excluding carboxylic acids is 2. The van der Waals surface area contributed by atoms with E-state index < -0.39 is 17.7 Å². The lowest BCUT2D eigenvalue weighted by molar-refractivity contribution is -0.132. The number of ether oxygens (including phenoxy) is 4. The van der Waals surface area contributed by atoms with E-state index in [4.69, 9.17) is 18.9 Å². The number of rotatable bonds is 9. The third-order valence-corrected chi connectivity index (χ3v) is 6.06. The molecule has 198 valence electrons. The molecule has 1 fully saturated rings. The van der Waals surface area contributed by atoms with E-state index in [1.807, 2.05) is 20.8 Å². The van der Waals surface area contributed by atoms with Crippen molar-refractivity contribution in [1.82, 2.24) is 0 Å². The quantitative estimate of drug-likeness (QED) is 0.227. The summed E-state index contributed by atoms with van der Waals surface area (Å²) in [7, 11) is 2.96. The second kappa shape index (κ2) is 11.3. The number of anilines is 1. The van der Waals surface area contributed by atoms with Crippen LogP contribution < -0.4 is 23.8 Å². The summed E-state index contributed by atoms with van der Waals surface area (Å²) in [6.07, 6.45) is -0.0828. The fraction of sp³-hybridized carbons (Fsp3) is 0.267. The summed E-state index contributed by atoms with van der Waals surface area (Å²) in [6.45, 7) is 6.12. The minimum atomic E-state index is -0.946. The van der Waals surface area contributed by atoms with Gasteiger partial charge in [0.25, 0.3) is 11.7 Å². The minimum Gasteiger partial charge on any atom is -0.507 e. The first kappa shape index (κ1) is 26.6. The van der Waals surface area contributed by atoms with Crippen molar-refractivity contribution >= 4 is 23.1 Å². The molecule has 1 saturated heterocycles. The molecule has 3 aromatic carbocycles. The first-order valence-corrected chi connectivity index (χ1v) is 12.3. The molecule has 1 heterocycles. The highest BCUT2D eigenvalue weighted by atomic mass is 16.5. The number of Topliss-reactive ketones (excluding diaryl/α,β-unsaturated/α-hetero) is 1. The molecule has 0 bridgehead atoms. The third-order valence-electron chi connectivity index (χ3n) is 6.06. The van der Waals surface area contributed by atoms with Gasteiger partial charge in [0.1, 0.15) is 28.8 Å². The summed E-state index contributed by atoms with van der Waals surface area (Å²) in [5, 5.41) is 11.6. The lowest BCUT2D eigenvalue weighted by Gasteiger charge is -2.26. The molecule has 1 atom stereocenters. The fourth-order valence-corrected chi connectivity index (χ4v) is 4.48. The lowest BCUT2D eigenvalue weighted by Crippen LogP contribution is -2.29. The Balaban J connectivity index is 1.97. The van der Waals surface area contributed by atoms with E-state index in [1.165, 1.54) is 19.1 Å². The van der Waals surface area contributed by atoms with E-state index in [9.17, 15) is 14.7 Å². The van der Waals surface area contributed by atoms with Crippen molar-refractivity contribution in [3.63, 3.8) is 0 Å². The topological polar surface area (TPSA) is 94.5 Å². The normalized spacial score (nSPS) is 16.6. The molecule has 8 nitrogen and oxygen atoms in total. The molecule has 1 unspecified atom stereocenters. The van der Waals surface area contributed by atoms with Gasteiger partial charge in [-0.1, -0.05) is 18.2 Å². The van der Waals surface area contributed by atoms with Crippen LogP contribution in [0.1, 0.15) is 37.9 Å². The summed E-state index contributed by atoms with van der Waals surface area (Å²) in [4.78, 5) is 28.5. The van der Waals surface area contributed by atoms with Crippen molar-refractivity contribution < 1.29 is 33.6 Å². The standard InChI is InChI=1S/C30H31NO7/c1-6-37-22-11-8-10-20(16-22)31-27(19-9-7-12-23(15-19)38-18(2)3)26(29(33)30(31)34)28(32)24-17-21(35-4)13-14-25(24)36-5/h7-18,27,32H,6H2,1-5H3/b28-26+. The van der Waals surface area contributed by atoms with Crippen LogP contribution in [0.5, 0.6) is 23.0 Å². The maximum absolute atomic E-state index is 13.6. The number of methoxy groups -OCH3 is 2. The van der Waals surface area contributed by atoms with Gasteiger partial charge < -0.3 is 24.1 Å². The number of aliphatic hydroxyl groups excluding tert-OH is 1. The number of aliphatic hydroxyl groups is 1. The lowest BCUT2D eigenvalue weighted by atomic mass is 9.94. The zero-order valence-corrected chi connectivity index (χ0v) is 22.1. The number of hydrogen-bond donors (Lipinski definition) is 1. The van der Waals surface area contributed by atoms with Crippen molar-refractivity contribution in [1.29, 1.82) is 0 Å². The molecule has 0 aliphatic carbocycles. The van der Waals surface area contributed by atoms with Crippen LogP contribution in [0.4, 0.5) is 5.69 Å². The molecule has 0 saturated carbocycles. The zero-order chi connectivity index (χ0) is 27.4. The molecule has 0 spiro atoms. The van der Waals surface area contributed by atoms with Crippen molar-refractivity contribution in [3.8, 4) is 23.0 Å². The minimum absolute atomic E-state index is 0.0786. The van der Waals surface area contributed by atoms with Crippen molar-refractivity contribution in [3.05, 3.63) is 83.4 Å². The van der Waals surface area contributed by atoms with Gasteiger partial charge >= 0.3 is 0 Å². The molecule has 1 N–H and O–H groups in total. The van der Waals surface area contributed by atoms with Crippen LogP contribution in [0.3, 0.4) is 0 Å². The number of carbonyl (C=O) groups is 2. The zero-order valence-electron chi connectivity index (χ0n) is 22.1. The Kier molecular flexibility index (Phi) is 7.90. The Morgan fingerprint density at radius 3 is 2.34 bits per heavy atom. The molecule has 0 aromatic heterocycles. The van der Waals surface area contributed by atoms with Gasteiger partial charge in [0.15, 0.2) is 0 Å². The highest BCUT2D eigenvalue weighted by molar-refractivity contribution is 6.51. The first-order valence-electron chi connectivity index (χ1n) is 12.3. The van der Waals surface area contributed by atoms with Crippen LogP contribution in [0.25, 0.3) is 5.76 Å². The average Bonchev–Trinajstić information content (AvgIpc) is 3.18. The molecular formula is C30H31NO7. The fourth-order valence-electron chi connectivity index (χ4n) is 4.48. The smallest absolute Gasteiger partial charge is 0.300 e. The Hall–Kier alpha value is -4.46. The maximum Gasteiger partial charge on any atom is 0.300 e. The Morgan fingerprint density at radius 2 is 1.66 bits per heavy atom. The van der Waals surface area contributed by atoms with E-state index in [0.29, 0.717) is 40.9 Å². The maximum atomic E-state index is 13.6. The third kappa shape index (κ3) is 5.16. The molecule has 38 heavy (non-hydrogen) atoms. The van der Waals surface area contributed by atoms with E-state index in [-0.39, 0.29) is 23.0 Å². The Labute approximate surface area is 222 Å². The van der Waals surface area contributed by atoms with Crippen molar-refractivity contribution in [2.75, 3.05) is 25.7 Å². The second-order valence-corrected chi connectivity index (χ2v) is 8.90. The molecule has 1 amide bonds. The molecule has 1 aliphatic rings. The predicted molar refractivity (Wildman–Crippen MR) is 144 cm³/mol. The van der Waals surface area contributed by atoms with Gasteiger partial charge in [-0.05, 0) is 68.8 Å². The molecule has 0 radical (unpaired) electrons. The van der Waals surface area contributed by atoms with Crippen LogP contribution in [0, 0.1) is 0 Å². The molecule has 1 aliphatic heterocycles. The molecular weight excluding hydrogens is 486 g/mol. The summed E-state index contributed by atoms with van der Waals surface area (Å²) >= 11 is 0. The van der Waals surface area contributed by atoms with E-state index >= 15 is 0 Å². The average molecular weight is 518 g/mol. The van der Waals surface area contributed by atoms with Crippen LogP contribution in [-0.2, 0) is 9.59 Å². The molecule has 3 aromatic rings. The summed E-state index contributed by atoms with van der Waals surface area (Å²) in [5.41, 5.74) is 1.19. The highest BCUT2D eigenvalue weighted by Crippen LogP contribution is 2.44. The van der Waals surface area contributed by atoms with E-state index in [2.05, 4.69) is 0 Å². The van der Waals surface area contributed by atoms with Crippen molar-refractivity contribution in [2.45, 2.75) is 32.9 Å². The number of amides is 1. The molecule has 4 rings (SSSR count).